The van der Waals surface area contributed by atoms with E-state index in [1.165, 1.54) is 0 Å². The van der Waals surface area contributed by atoms with Crippen LogP contribution in [0.2, 0.25) is 0 Å². The van der Waals surface area contributed by atoms with Crippen LogP contribution in [0, 0.1) is 13.8 Å². The fourth-order valence-corrected chi connectivity index (χ4v) is 1.02. The van der Waals surface area contributed by atoms with E-state index in [4.69, 9.17) is 5.73 Å². The van der Waals surface area contributed by atoms with Crippen molar-refractivity contribution in [3.05, 3.63) is 29.3 Å². The van der Waals surface area contributed by atoms with Gasteiger partial charge in [0.1, 0.15) is 0 Å². The van der Waals surface area contributed by atoms with Gasteiger partial charge < -0.3 is 11.1 Å². The van der Waals surface area contributed by atoms with Crippen LogP contribution >= 0.6 is 0 Å². The number of carbonyl (C=O) groups excluding carboxylic acids is 1. The standard InChI is InChI=1S/C9H12N2O/c1-6-4-3-5-8(7(6)2)11-9(10)12/h3-5H,1-2H3,(H3,10,11,12). The van der Waals surface area contributed by atoms with Crippen molar-refractivity contribution >= 4 is 11.7 Å². The van der Waals surface area contributed by atoms with Crippen molar-refractivity contribution in [2.45, 2.75) is 13.8 Å². The molecule has 0 radical (unpaired) electrons. The van der Waals surface area contributed by atoms with E-state index in [0.717, 1.165) is 16.8 Å². The summed E-state index contributed by atoms with van der Waals surface area (Å²) in [6.45, 7) is 3.93. The SMILES string of the molecule is Cc1cccc(NC(N)=O)c1C. The van der Waals surface area contributed by atoms with Crippen molar-refractivity contribution in [1.29, 1.82) is 0 Å². The van der Waals surface area contributed by atoms with Gasteiger partial charge in [0.15, 0.2) is 0 Å². The van der Waals surface area contributed by atoms with Gasteiger partial charge >= 0.3 is 6.03 Å². The van der Waals surface area contributed by atoms with Crippen molar-refractivity contribution in [3.8, 4) is 0 Å². The quantitative estimate of drug-likeness (QED) is 0.653. The Morgan fingerprint density at radius 1 is 1.42 bits per heavy atom. The van der Waals surface area contributed by atoms with Gasteiger partial charge in [0.25, 0.3) is 0 Å². The summed E-state index contributed by atoms with van der Waals surface area (Å²) in [4.78, 5) is 10.5. The second-order valence-electron chi connectivity index (χ2n) is 2.74. The van der Waals surface area contributed by atoms with Crippen molar-refractivity contribution in [2.24, 2.45) is 5.73 Å². The lowest BCUT2D eigenvalue weighted by molar-refractivity contribution is 0.259. The minimum atomic E-state index is -0.524. The number of rotatable bonds is 1. The molecule has 0 aliphatic carbocycles. The average Bonchev–Trinajstić information content (AvgIpc) is 1.98. The van der Waals surface area contributed by atoms with E-state index in [0.29, 0.717) is 0 Å². The Balaban J connectivity index is 3.00. The summed E-state index contributed by atoms with van der Waals surface area (Å²) in [6, 6.07) is 5.17. The zero-order valence-electron chi connectivity index (χ0n) is 7.22. The van der Waals surface area contributed by atoms with E-state index in [9.17, 15) is 4.79 Å². The molecule has 0 fully saturated rings. The summed E-state index contributed by atoms with van der Waals surface area (Å²) in [5.41, 5.74) is 7.97. The average molecular weight is 164 g/mol. The van der Waals surface area contributed by atoms with Crippen LogP contribution in [0.15, 0.2) is 18.2 Å². The highest BCUT2D eigenvalue weighted by molar-refractivity contribution is 5.88. The number of benzene rings is 1. The molecule has 0 heterocycles. The van der Waals surface area contributed by atoms with Gasteiger partial charge in [-0.2, -0.15) is 0 Å². The van der Waals surface area contributed by atoms with Crippen molar-refractivity contribution in [1.82, 2.24) is 0 Å². The van der Waals surface area contributed by atoms with Gasteiger partial charge in [-0.1, -0.05) is 12.1 Å². The Kier molecular flexibility index (Phi) is 2.33. The summed E-state index contributed by atoms with van der Waals surface area (Å²) in [5.74, 6) is 0. The van der Waals surface area contributed by atoms with Gasteiger partial charge in [0.05, 0.1) is 0 Å². The highest BCUT2D eigenvalue weighted by Gasteiger charge is 2.00. The van der Waals surface area contributed by atoms with E-state index < -0.39 is 6.03 Å². The first-order valence-corrected chi connectivity index (χ1v) is 3.74. The number of urea groups is 1. The lowest BCUT2D eigenvalue weighted by atomic mass is 10.1. The van der Waals surface area contributed by atoms with Gasteiger partial charge in [0, 0.05) is 5.69 Å². The summed E-state index contributed by atoms with van der Waals surface area (Å²) < 4.78 is 0. The van der Waals surface area contributed by atoms with Crippen LogP contribution in [0.25, 0.3) is 0 Å². The zero-order valence-corrected chi connectivity index (χ0v) is 7.22. The Bertz CT molecular complexity index is 307. The van der Waals surface area contributed by atoms with Gasteiger partial charge in [-0.15, -0.1) is 0 Å². The lowest BCUT2D eigenvalue weighted by Crippen LogP contribution is -2.19. The number of hydrogen-bond acceptors (Lipinski definition) is 1. The summed E-state index contributed by atoms with van der Waals surface area (Å²) in [7, 11) is 0. The number of hydrogen-bond donors (Lipinski definition) is 2. The van der Waals surface area contributed by atoms with Crippen LogP contribution in [0.1, 0.15) is 11.1 Å². The number of anilines is 1. The molecule has 3 nitrogen and oxygen atoms in total. The maximum absolute atomic E-state index is 10.5. The third-order valence-electron chi connectivity index (χ3n) is 1.86. The van der Waals surface area contributed by atoms with E-state index in [-0.39, 0.29) is 0 Å². The lowest BCUT2D eigenvalue weighted by Gasteiger charge is -2.07. The molecule has 1 rings (SSSR count). The fourth-order valence-electron chi connectivity index (χ4n) is 1.02. The van der Waals surface area contributed by atoms with Gasteiger partial charge in [-0.25, -0.2) is 4.79 Å². The zero-order chi connectivity index (χ0) is 9.14. The van der Waals surface area contributed by atoms with E-state index in [2.05, 4.69) is 5.32 Å². The summed E-state index contributed by atoms with van der Waals surface area (Å²) >= 11 is 0. The number of primary amides is 1. The van der Waals surface area contributed by atoms with Crippen LogP contribution in [0.3, 0.4) is 0 Å². The van der Waals surface area contributed by atoms with Gasteiger partial charge in [-0.05, 0) is 31.0 Å². The van der Waals surface area contributed by atoms with Crippen LogP contribution in [0.5, 0.6) is 0 Å². The molecule has 3 N–H and O–H groups in total. The first-order valence-electron chi connectivity index (χ1n) is 3.74. The number of carbonyl (C=O) groups is 1. The normalized spacial score (nSPS) is 9.50. The topological polar surface area (TPSA) is 55.1 Å². The summed E-state index contributed by atoms with van der Waals surface area (Å²) in [5, 5.41) is 2.55. The van der Waals surface area contributed by atoms with E-state index >= 15 is 0 Å². The molecule has 1 aromatic carbocycles. The monoisotopic (exact) mass is 164 g/mol. The molecule has 64 valence electrons. The maximum Gasteiger partial charge on any atom is 0.316 e. The first kappa shape index (κ1) is 8.59. The number of nitrogens with two attached hydrogens (primary N) is 1. The maximum atomic E-state index is 10.5. The predicted octanol–water partition coefficient (Wildman–Crippen LogP) is 1.79. The molecular weight excluding hydrogens is 152 g/mol. The highest BCUT2D eigenvalue weighted by Crippen LogP contribution is 2.17. The summed E-state index contributed by atoms with van der Waals surface area (Å²) in [6.07, 6.45) is 0. The largest absolute Gasteiger partial charge is 0.351 e. The van der Waals surface area contributed by atoms with Gasteiger partial charge in [-0.3, -0.25) is 0 Å². The number of amides is 2. The smallest absolute Gasteiger partial charge is 0.316 e. The molecule has 0 atom stereocenters. The minimum Gasteiger partial charge on any atom is -0.351 e. The van der Waals surface area contributed by atoms with Crippen LogP contribution < -0.4 is 11.1 Å². The van der Waals surface area contributed by atoms with Crippen molar-refractivity contribution in [3.63, 3.8) is 0 Å². The highest BCUT2D eigenvalue weighted by atomic mass is 16.2. The molecule has 0 aromatic heterocycles. The van der Waals surface area contributed by atoms with Crippen LogP contribution in [-0.4, -0.2) is 6.03 Å². The van der Waals surface area contributed by atoms with Gasteiger partial charge in [0.2, 0.25) is 0 Å². The molecule has 2 amide bonds. The molecule has 1 aromatic rings. The molecule has 0 bridgehead atoms. The van der Waals surface area contributed by atoms with Crippen LogP contribution in [0.4, 0.5) is 10.5 Å². The van der Waals surface area contributed by atoms with Crippen LogP contribution in [-0.2, 0) is 0 Å². The Morgan fingerprint density at radius 3 is 2.67 bits per heavy atom. The molecule has 0 saturated heterocycles. The molecular formula is C9H12N2O. The number of aryl methyl sites for hydroxylation is 1. The van der Waals surface area contributed by atoms with E-state index in [1.807, 2.05) is 32.0 Å². The Hall–Kier alpha value is -1.51. The number of nitrogens with one attached hydrogen (secondary N) is 1. The van der Waals surface area contributed by atoms with E-state index in [1.54, 1.807) is 0 Å². The van der Waals surface area contributed by atoms with Crippen molar-refractivity contribution in [2.75, 3.05) is 5.32 Å². The molecule has 0 aliphatic rings. The third kappa shape index (κ3) is 1.75. The molecule has 0 saturated carbocycles. The second-order valence-corrected chi connectivity index (χ2v) is 2.74. The molecule has 0 spiro atoms. The molecule has 0 aliphatic heterocycles. The minimum absolute atomic E-state index is 0.524. The Morgan fingerprint density at radius 2 is 2.08 bits per heavy atom. The molecule has 12 heavy (non-hydrogen) atoms. The molecule has 0 unspecified atom stereocenters. The molecule has 3 heteroatoms. The predicted molar refractivity (Wildman–Crippen MR) is 49.1 cm³/mol. The van der Waals surface area contributed by atoms with Crippen molar-refractivity contribution < 1.29 is 4.79 Å². The third-order valence-corrected chi connectivity index (χ3v) is 1.86. The fraction of sp³-hybridized carbons (Fsp3) is 0.222. The first-order chi connectivity index (χ1) is 5.61. The Labute approximate surface area is 71.6 Å². The second kappa shape index (κ2) is 3.26.